The Morgan fingerprint density at radius 2 is 1.82 bits per heavy atom. The number of aromatic amines is 1. The zero-order chi connectivity index (χ0) is 23.3. The van der Waals surface area contributed by atoms with Gasteiger partial charge in [0.15, 0.2) is 6.10 Å². The van der Waals surface area contributed by atoms with Gasteiger partial charge in [-0.3, -0.25) is 9.59 Å². The summed E-state index contributed by atoms with van der Waals surface area (Å²) in [5.41, 5.74) is 2.36. The molecule has 0 saturated carbocycles. The van der Waals surface area contributed by atoms with Crippen molar-refractivity contribution in [1.29, 1.82) is 0 Å². The van der Waals surface area contributed by atoms with Gasteiger partial charge in [-0.1, -0.05) is 18.2 Å². The van der Waals surface area contributed by atoms with E-state index in [2.05, 4.69) is 10.3 Å². The molecule has 1 saturated heterocycles. The molecule has 172 valence electrons. The molecule has 9 nitrogen and oxygen atoms in total. The van der Waals surface area contributed by atoms with Gasteiger partial charge >= 0.3 is 0 Å². The minimum Gasteiger partial charge on any atom is -0.479 e. The first-order valence-electron chi connectivity index (χ1n) is 10.7. The fourth-order valence-corrected chi connectivity index (χ4v) is 5.89. The van der Waals surface area contributed by atoms with Crippen molar-refractivity contribution in [3.63, 3.8) is 0 Å². The van der Waals surface area contributed by atoms with E-state index < -0.39 is 16.1 Å². The summed E-state index contributed by atoms with van der Waals surface area (Å²) in [6.07, 6.45) is -0.699. The molecule has 2 aliphatic rings. The van der Waals surface area contributed by atoms with Crippen LogP contribution in [0.5, 0.6) is 5.75 Å². The summed E-state index contributed by atoms with van der Waals surface area (Å²) in [7, 11) is -3.80. The molecule has 2 aromatic carbocycles. The highest BCUT2D eigenvalue weighted by Gasteiger charge is 2.34. The number of aromatic nitrogens is 1. The number of nitrogens with zero attached hydrogens (tertiary/aromatic N) is 2. The molecule has 2 aliphatic heterocycles. The normalized spacial score (nSPS) is 19.2. The number of piperazine rings is 1. The average molecular weight is 469 g/mol. The number of amides is 2. The summed E-state index contributed by atoms with van der Waals surface area (Å²) in [5, 5.41) is 3.69. The number of fused-ring (bicyclic) bond motifs is 2. The second-order valence-electron chi connectivity index (χ2n) is 8.33. The van der Waals surface area contributed by atoms with Gasteiger partial charge in [-0.15, -0.1) is 0 Å². The van der Waals surface area contributed by atoms with E-state index in [1.165, 1.54) is 10.4 Å². The van der Waals surface area contributed by atoms with Gasteiger partial charge in [0.25, 0.3) is 11.8 Å². The Bertz CT molecular complexity index is 1340. The summed E-state index contributed by atoms with van der Waals surface area (Å²) in [6, 6.07) is 12.6. The van der Waals surface area contributed by atoms with Crippen molar-refractivity contribution >= 4 is 38.4 Å². The predicted molar refractivity (Wildman–Crippen MR) is 123 cm³/mol. The number of carbonyl (C=O) groups is 2. The van der Waals surface area contributed by atoms with Crippen LogP contribution in [0.15, 0.2) is 47.4 Å². The molecule has 1 fully saturated rings. The maximum atomic E-state index is 13.4. The quantitative estimate of drug-likeness (QED) is 0.613. The number of ether oxygens (including phenoxy) is 1. The molecule has 2 N–H and O–H groups in total. The third kappa shape index (κ3) is 3.75. The molecule has 3 aromatic rings. The lowest BCUT2D eigenvalue weighted by atomic mass is 10.1. The fraction of sp³-hybridized carbons (Fsp3) is 0.304. The second kappa shape index (κ2) is 7.89. The van der Waals surface area contributed by atoms with Gasteiger partial charge in [-0.2, -0.15) is 4.31 Å². The van der Waals surface area contributed by atoms with Crippen LogP contribution in [0.4, 0.5) is 5.69 Å². The minimum absolute atomic E-state index is 0.139. The van der Waals surface area contributed by atoms with Crippen LogP contribution in [0.1, 0.15) is 23.0 Å². The standard InChI is InChI=1S/C23H24N4O5S/c1-14-11-18-20(32-15(2)22(28)25-18)13-21(14)33(30,31)27-9-7-26(8-10-27)23(29)19-12-16-5-3-4-6-17(16)24-19/h3-6,11-13,15,24H,7-10H2,1-2H3,(H,25,28). The molecule has 2 amide bonds. The van der Waals surface area contributed by atoms with Crippen LogP contribution in [-0.2, 0) is 14.8 Å². The number of sulfonamides is 1. The molecule has 5 rings (SSSR count). The van der Waals surface area contributed by atoms with E-state index in [1.54, 1.807) is 24.8 Å². The molecule has 3 heterocycles. The summed E-state index contributed by atoms with van der Waals surface area (Å²) >= 11 is 0. The van der Waals surface area contributed by atoms with Crippen molar-refractivity contribution in [1.82, 2.24) is 14.2 Å². The molecule has 10 heteroatoms. The lowest BCUT2D eigenvalue weighted by Crippen LogP contribution is -2.50. The Morgan fingerprint density at radius 3 is 2.55 bits per heavy atom. The predicted octanol–water partition coefficient (Wildman–Crippen LogP) is 2.34. The highest BCUT2D eigenvalue weighted by molar-refractivity contribution is 7.89. The fourth-order valence-electron chi connectivity index (χ4n) is 4.25. The maximum Gasteiger partial charge on any atom is 0.270 e. The number of benzene rings is 2. The van der Waals surface area contributed by atoms with E-state index in [0.29, 0.717) is 35.8 Å². The molecular formula is C23H24N4O5S. The van der Waals surface area contributed by atoms with Crippen LogP contribution in [0, 0.1) is 6.92 Å². The van der Waals surface area contributed by atoms with Crippen LogP contribution in [0.25, 0.3) is 10.9 Å². The monoisotopic (exact) mass is 468 g/mol. The number of carbonyl (C=O) groups excluding carboxylic acids is 2. The van der Waals surface area contributed by atoms with Crippen LogP contribution < -0.4 is 10.1 Å². The van der Waals surface area contributed by atoms with Gasteiger partial charge in [0.1, 0.15) is 11.4 Å². The van der Waals surface area contributed by atoms with Gasteiger partial charge in [0.2, 0.25) is 10.0 Å². The van der Waals surface area contributed by atoms with Gasteiger partial charge in [-0.05, 0) is 37.6 Å². The number of hydrogen-bond donors (Lipinski definition) is 2. The molecule has 1 atom stereocenters. The van der Waals surface area contributed by atoms with Crippen molar-refractivity contribution in [2.24, 2.45) is 0 Å². The smallest absolute Gasteiger partial charge is 0.270 e. The van der Waals surface area contributed by atoms with Crippen molar-refractivity contribution < 1.29 is 22.7 Å². The first kappa shape index (κ1) is 21.5. The Morgan fingerprint density at radius 1 is 1.09 bits per heavy atom. The lowest BCUT2D eigenvalue weighted by molar-refractivity contribution is -0.122. The van der Waals surface area contributed by atoms with Crippen LogP contribution in [0.2, 0.25) is 0 Å². The largest absolute Gasteiger partial charge is 0.479 e. The van der Waals surface area contributed by atoms with Gasteiger partial charge < -0.3 is 19.9 Å². The van der Waals surface area contributed by atoms with Crippen molar-refractivity contribution in [2.75, 3.05) is 31.5 Å². The molecule has 1 aromatic heterocycles. The van der Waals surface area contributed by atoms with Crippen LogP contribution >= 0.6 is 0 Å². The average Bonchev–Trinajstić information content (AvgIpc) is 3.24. The summed E-state index contributed by atoms with van der Waals surface area (Å²) < 4.78 is 33.7. The molecular weight excluding hydrogens is 444 g/mol. The zero-order valence-corrected chi connectivity index (χ0v) is 19.1. The maximum absolute atomic E-state index is 13.4. The Hall–Kier alpha value is -3.37. The van der Waals surface area contributed by atoms with E-state index >= 15 is 0 Å². The van der Waals surface area contributed by atoms with E-state index in [4.69, 9.17) is 4.74 Å². The molecule has 1 unspecified atom stereocenters. The van der Waals surface area contributed by atoms with Crippen molar-refractivity contribution in [3.05, 3.63) is 53.7 Å². The zero-order valence-electron chi connectivity index (χ0n) is 18.3. The van der Waals surface area contributed by atoms with Gasteiger partial charge in [0.05, 0.1) is 10.6 Å². The molecule has 0 aliphatic carbocycles. The van der Waals surface area contributed by atoms with E-state index in [1.807, 2.05) is 30.3 Å². The van der Waals surface area contributed by atoms with E-state index in [0.717, 1.165) is 10.9 Å². The number of rotatable bonds is 3. The SMILES string of the molecule is Cc1cc2c(cc1S(=O)(=O)N1CCN(C(=O)c3cc4ccccc4[nH]3)CC1)OC(C)C(=O)N2. The van der Waals surface area contributed by atoms with Crippen LogP contribution in [-0.4, -0.2) is 66.7 Å². The van der Waals surface area contributed by atoms with Crippen molar-refractivity contribution in [2.45, 2.75) is 24.8 Å². The van der Waals surface area contributed by atoms with Gasteiger partial charge in [0, 0.05) is 43.1 Å². The summed E-state index contributed by atoms with van der Waals surface area (Å²) in [5.74, 6) is -0.0847. The molecule has 33 heavy (non-hydrogen) atoms. The van der Waals surface area contributed by atoms with Crippen molar-refractivity contribution in [3.8, 4) is 5.75 Å². The highest BCUT2D eigenvalue weighted by atomic mass is 32.2. The third-order valence-corrected chi connectivity index (χ3v) is 8.15. The highest BCUT2D eigenvalue weighted by Crippen LogP contribution is 2.35. The first-order valence-corrected chi connectivity index (χ1v) is 12.2. The van der Waals surface area contributed by atoms with Gasteiger partial charge in [-0.25, -0.2) is 8.42 Å². The lowest BCUT2D eigenvalue weighted by Gasteiger charge is -2.34. The van der Waals surface area contributed by atoms with Crippen LogP contribution in [0.3, 0.4) is 0 Å². The molecule has 0 spiro atoms. The topological polar surface area (TPSA) is 112 Å². The van der Waals surface area contributed by atoms with E-state index in [9.17, 15) is 18.0 Å². The Balaban J connectivity index is 1.33. The Labute approximate surface area is 191 Å². The molecule has 0 bridgehead atoms. The number of anilines is 1. The number of hydrogen-bond acceptors (Lipinski definition) is 5. The minimum atomic E-state index is -3.80. The third-order valence-electron chi connectivity index (χ3n) is 6.11. The number of H-pyrrole nitrogens is 1. The second-order valence-corrected chi connectivity index (χ2v) is 10.2. The number of nitrogens with one attached hydrogen (secondary N) is 2. The number of aryl methyl sites for hydroxylation is 1. The van der Waals surface area contributed by atoms with E-state index in [-0.39, 0.29) is 29.8 Å². The summed E-state index contributed by atoms with van der Waals surface area (Å²) in [6.45, 7) is 4.27. The first-order chi connectivity index (χ1) is 15.7. The summed E-state index contributed by atoms with van der Waals surface area (Å²) in [4.78, 5) is 29.7. The Kier molecular flexibility index (Phi) is 5.13. The molecule has 0 radical (unpaired) electrons. The number of para-hydroxylation sites is 1.